The lowest BCUT2D eigenvalue weighted by Gasteiger charge is -2.09. The maximum Gasteiger partial charge on any atom is 0.0406 e. The van der Waals surface area contributed by atoms with Gasteiger partial charge in [0.15, 0.2) is 0 Å². The van der Waals surface area contributed by atoms with Gasteiger partial charge in [0.2, 0.25) is 0 Å². The molecule has 0 spiro atoms. The summed E-state index contributed by atoms with van der Waals surface area (Å²) in [6, 6.07) is 8.51. The van der Waals surface area contributed by atoms with Crippen LogP contribution in [0.25, 0.3) is 0 Å². The van der Waals surface area contributed by atoms with E-state index in [0.29, 0.717) is 6.04 Å². The van der Waals surface area contributed by atoms with Gasteiger partial charge in [-0.1, -0.05) is 23.7 Å². The molecule has 0 bridgehead atoms. The first-order valence-corrected chi connectivity index (χ1v) is 4.52. The van der Waals surface area contributed by atoms with Gasteiger partial charge in [-0.3, -0.25) is 0 Å². The molecule has 0 saturated carbocycles. The third kappa shape index (κ3) is 4.51. The van der Waals surface area contributed by atoms with E-state index in [1.165, 1.54) is 5.56 Å². The molecule has 3 heteroatoms. The number of benzene rings is 1. The topological polar surface area (TPSA) is 12.0 Å². The number of rotatable bonds is 3. The van der Waals surface area contributed by atoms with E-state index in [-0.39, 0.29) is 12.4 Å². The molecular formula is C10H15Cl2N. The average Bonchev–Trinajstić information content (AvgIpc) is 2.09. The molecule has 1 atom stereocenters. The maximum atomic E-state index is 5.77. The molecule has 1 rings (SSSR count). The summed E-state index contributed by atoms with van der Waals surface area (Å²) in [6.45, 7) is 2.16. The van der Waals surface area contributed by atoms with Crippen LogP contribution in [0, 0.1) is 0 Å². The second-order valence-corrected chi connectivity index (χ2v) is 3.46. The summed E-state index contributed by atoms with van der Waals surface area (Å²) < 4.78 is 0. The van der Waals surface area contributed by atoms with E-state index >= 15 is 0 Å². The van der Waals surface area contributed by atoms with Crippen LogP contribution in [-0.2, 0) is 6.42 Å². The van der Waals surface area contributed by atoms with Gasteiger partial charge in [0, 0.05) is 11.1 Å². The minimum absolute atomic E-state index is 0. The van der Waals surface area contributed by atoms with Gasteiger partial charge in [-0.15, -0.1) is 12.4 Å². The van der Waals surface area contributed by atoms with Gasteiger partial charge in [0.05, 0.1) is 0 Å². The van der Waals surface area contributed by atoms with Crippen molar-refractivity contribution < 1.29 is 0 Å². The molecule has 0 saturated heterocycles. The lowest BCUT2D eigenvalue weighted by Crippen LogP contribution is -2.23. The molecule has 0 aliphatic rings. The van der Waals surface area contributed by atoms with E-state index in [4.69, 9.17) is 11.6 Å². The summed E-state index contributed by atoms with van der Waals surface area (Å²) in [6.07, 6.45) is 1.05. The van der Waals surface area contributed by atoms with Gasteiger partial charge in [-0.25, -0.2) is 0 Å². The Kier molecular flexibility index (Phi) is 6.13. The molecule has 1 aromatic rings. The molecule has 0 radical (unpaired) electrons. The van der Waals surface area contributed by atoms with Crippen molar-refractivity contribution in [1.29, 1.82) is 0 Å². The lowest BCUT2D eigenvalue weighted by atomic mass is 10.1. The third-order valence-corrected chi connectivity index (χ3v) is 2.20. The molecule has 1 unspecified atom stereocenters. The highest BCUT2D eigenvalue weighted by molar-refractivity contribution is 6.30. The third-order valence-electron chi connectivity index (χ3n) is 1.95. The summed E-state index contributed by atoms with van der Waals surface area (Å²) in [4.78, 5) is 0. The van der Waals surface area contributed by atoms with E-state index in [1.54, 1.807) is 0 Å². The Morgan fingerprint density at radius 2 is 1.85 bits per heavy atom. The molecule has 0 amide bonds. The quantitative estimate of drug-likeness (QED) is 0.825. The largest absolute Gasteiger partial charge is 0.317 e. The van der Waals surface area contributed by atoms with Crippen molar-refractivity contribution in [3.05, 3.63) is 34.9 Å². The lowest BCUT2D eigenvalue weighted by molar-refractivity contribution is 0.608. The van der Waals surface area contributed by atoms with Crippen molar-refractivity contribution in [3.8, 4) is 0 Å². The maximum absolute atomic E-state index is 5.77. The molecule has 1 N–H and O–H groups in total. The van der Waals surface area contributed by atoms with Crippen LogP contribution in [0.3, 0.4) is 0 Å². The minimum Gasteiger partial charge on any atom is -0.317 e. The second-order valence-electron chi connectivity index (χ2n) is 3.02. The molecule has 1 nitrogen and oxygen atoms in total. The van der Waals surface area contributed by atoms with Crippen molar-refractivity contribution in [2.24, 2.45) is 0 Å². The molecule has 0 fully saturated rings. The van der Waals surface area contributed by atoms with Gasteiger partial charge in [0.1, 0.15) is 0 Å². The van der Waals surface area contributed by atoms with Crippen molar-refractivity contribution in [1.82, 2.24) is 5.32 Å². The van der Waals surface area contributed by atoms with Crippen LogP contribution in [0.2, 0.25) is 5.02 Å². The molecule has 1 aromatic carbocycles. The van der Waals surface area contributed by atoms with Crippen LogP contribution < -0.4 is 5.32 Å². The number of likely N-dealkylation sites (N-methyl/N-ethyl adjacent to an activating group) is 1. The predicted molar refractivity (Wildman–Crippen MR) is 60.9 cm³/mol. The Bertz CT molecular complexity index is 233. The van der Waals surface area contributed by atoms with Crippen LogP contribution in [0.15, 0.2) is 24.3 Å². The summed E-state index contributed by atoms with van der Waals surface area (Å²) >= 11 is 5.77. The molecule has 13 heavy (non-hydrogen) atoms. The zero-order valence-corrected chi connectivity index (χ0v) is 9.45. The van der Waals surface area contributed by atoms with Crippen LogP contribution in [0.1, 0.15) is 12.5 Å². The summed E-state index contributed by atoms with van der Waals surface area (Å²) in [7, 11) is 1.97. The van der Waals surface area contributed by atoms with Gasteiger partial charge in [0.25, 0.3) is 0 Å². The number of nitrogens with one attached hydrogen (secondary N) is 1. The summed E-state index contributed by atoms with van der Waals surface area (Å²) in [5.41, 5.74) is 1.32. The molecule has 0 heterocycles. The zero-order valence-electron chi connectivity index (χ0n) is 7.88. The van der Waals surface area contributed by atoms with Crippen molar-refractivity contribution in [3.63, 3.8) is 0 Å². The van der Waals surface area contributed by atoms with Gasteiger partial charge < -0.3 is 5.32 Å². The van der Waals surface area contributed by atoms with Crippen LogP contribution in [-0.4, -0.2) is 13.1 Å². The van der Waals surface area contributed by atoms with Crippen LogP contribution >= 0.6 is 24.0 Å². The molecule has 0 aliphatic heterocycles. The molecule has 74 valence electrons. The highest BCUT2D eigenvalue weighted by atomic mass is 35.5. The summed E-state index contributed by atoms with van der Waals surface area (Å²) in [5, 5.41) is 4.00. The minimum atomic E-state index is 0. The standard InChI is InChI=1S/C10H14ClN.ClH/c1-8(12-2)7-9-3-5-10(11)6-4-9;/h3-6,8,12H,7H2,1-2H3;1H. The Morgan fingerprint density at radius 3 is 2.31 bits per heavy atom. The fourth-order valence-corrected chi connectivity index (χ4v) is 1.20. The predicted octanol–water partition coefficient (Wildman–Crippen LogP) is 2.91. The first-order chi connectivity index (χ1) is 5.72. The Hall–Kier alpha value is -0.240. The van der Waals surface area contributed by atoms with Gasteiger partial charge in [-0.2, -0.15) is 0 Å². The summed E-state index contributed by atoms with van der Waals surface area (Å²) in [5.74, 6) is 0. The van der Waals surface area contributed by atoms with Crippen LogP contribution in [0.4, 0.5) is 0 Å². The average molecular weight is 220 g/mol. The van der Waals surface area contributed by atoms with Crippen LogP contribution in [0.5, 0.6) is 0 Å². The number of hydrogen-bond acceptors (Lipinski definition) is 1. The normalized spacial score (nSPS) is 11.9. The molecule has 0 aliphatic carbocycles. The molecular weight excluding hydrogens is 205 g/mol. The van der Waals surface area contributed by atoms with E-state index in [2.05, 4.69) is 24.4 Å². The monoisotopic (exact) mass is 219 g/mol. The first-order valence-electron chi connectivity index (χ1n) is 4.14. The Labute approximate surface area is 90.9 Å². The van der Waals surface area contributed by atoms with Crippen molar-refractivity contribution in [2.75, 3.05) is 7.05 Å². The van der Waals surface area contributed by atoms with Gasteiger partial charge in [-0.05, 0) is 38.1 Å². The highest BCUT2D eigenvalue weighted by Crippen LogP contribution is 2.10. The van der Waals surface area contributed by atoms with Crippen molar-refractivity contribution in [2.45, 2.75) is 19.4 Å². The SMILES string of the molecule is CNC(C)Cc1ccc(Cl)cc1.Cl. The van der Waals surface area contributed by atoms with Gasteiger partial charge >= 0.3 is 0 Å². The fraction of sp³-hybridized carbons (Fsp3) is 0.400. The highest BCUT2D eigenvalue weighted by Gasteiger charge is 1.99. The smallest absolute Gasteiger partial charge is 0.0406 e. The Morgan fingerprint density at radius 1 is 1.31 bits per heavy atom. The second kappa shape index (κ2) is 6.25. The van der Waals surface area contributed by atoms with E-state index in [9.17, 15) is 0 Å². The fourth-order valence-electron chi connectivity index (χ4n) is 1.08. The first kappa shape index (κ1) is 12.8. The van der Waals surface area contributed by atoms with E-state index in [1.807, 2.05) is 19.2 Å². The Balaban J connectivity index is 0.00000144. The van der Waals surface area contributed by atoms with E-state index in [0.717, 1.165) is 11.4 Å². The zero-order chi connectivity index (χ0) is 8.97. The number of halogens is 2. The van der Waals surface area contributed by atoms with Crippen molar-refractivity contribution >= 4 is 24.0 Å². The molecule has 0 aromatic heterocycles. The number of hydrogen-bond donors (Lipinski definition) is 1. The van der Waals surface area contributed by atoms with E-state index < -0.39 is 0 Å².